The Labute approximate surface area is 141 Å². The van der Waals surface area contributed by atoms with Crippen LogP contribution in [0, 0.1) is 11.8 Å². The summed E-state index contributed by atoms with van der Waals surface area (Å²) in [6.07, 6.45) is 1.17. The van der Waals surface area contributed by atoms with Gasteiger partial charge >= 0.3 is 0 Å². The average molecular weight is 332 g/mol. The zero-order chi connectivity index (χ0) is 16.7. The van der Waals surface area contributed by atoms with Gasteiger partial charge < -0.3 is 4.90 Å². The van der Waals surface area contributed by atoms with Gasteiger partial charge in [-0.3, -0.25) is 14.5 Å². The number of nitrogens with zero attached hydrogens (tertiary/aromatic N) is 2. The molecule has 23 heavy (non-hydrogen) atoms. The van der Waals surface area contributed by atoms with E-state index < -0.39 is 0 Å². The highest BCUT2D eigenvalue weighted by Gasteiger charge is 2.44. The van der Waals surface area contributed by atoms with Crippen LogP contribution in [0.5, 0.6) is 0 Å². The van der Waals surface area contributed by atoms with E-state index in [1.165, 1.54) is 22.7 Å². The number of carbonyl (C=O) groups excluding carboxylic acids is 2. The van der Waals surface area contributed by atoms with Gasteiger partial charge in [0.25, 0.3) is 11.8 Å². The minimum Gasteiger partial charge on any atom is -0.366 e. The second-order valence-electron chi connectivity index (χ2n) is 7.13. The highest BCUT2D eigenvalue weighted by molar-refractivity contribution is 7.11. The summed E-state index contributed by atoms with van der Waals surface area (Å²) in [5.74, 6) is 0.793. The van der Waals surface area contributed by atoms with Crippen molar-refractivity contribution in [3.63, 3.8) is 0 Å². The molecule has 1 saturated heterocycles. The zero-order valence-corrected chi connectivity index (χ0v) is 15.0. The Hall–Kier alpha value is -1.62. The molecule has 1 aromatic heterocycles. The minimum atomic E-state index is -0.145. The fraction of sp³-hybridized carbons (Fsp3) is 0.556. The highest BCUT2D eigenvalue weighted by atomic mass is 32.1. The Bertz CT molecular complexity index is 638. The van der Waals surface area contributed by atoms with Gasteiger partial charge in [-0.15, -0.1) is 11.3 Å². The van der Waals surface area contributed by atoms with E-state index in [1.807, 2.05) is 31.4 Å². The van der Waals surface area contributed by atoms with Gasteiger partial charge in [0.1, 0.15) is 5.70 Å². The summed E-state index contributed by atoms with van der Waals surface area (Å²) in [6, 6.07) is 3.75. The van der Waals surface area contributed by atoms with E-state index >= 15 is 0 Å². The lowest BCUT2D eigenvalue weighted by Crippen LogP contribution is -2.43. The second kappa shape index (κ2) is 6.11. The number of hydrogen-bond acceptors (Lipinski definition) is 4. The van der Waals surface area contributed by atoms with Crippen LogP contribution in [0.1, 0.15) is 39.0 Å². The van der Waals surface area contributed by atoms with E-state index in [9.17, 15) is 9.59 Å². The third kappa shape index (κ3) is 2.82. The van der Waals surface area contributed by atoms with Crippen LogP contribution < -0.4 is 0 Å². The van der Waals surface area contributed by atoms with E-state index in [1.54, 1.807) is 0 Å². The molecule has 2 aliphatic rings. The molecule has 5 heteroatoms. The molecule has 0 aliphatic carbocycles. The van der Waals surface area contributed by atoms with Gasteiger partial charge in [0.15, 0.2) is 0 Å². The summed E-state index contributed by atoms with van der Waals surface area (Å²) in [6.45, 7) is 9.92. The van der Waals surface area contributed by atoms with Crippen LogP contribution in [0.15, 0.2) is 23.2 Å². The van der Waals surface area contributed by atoms with Crippen molar-refractivity contribution < 1.29 is 9.59 Å². The Balaban J connectivity index is 2.07. The van der Waals surface area contributed by atoms with Crippen LogP contribution in [0.4, 0.5) is 0 Å². The third-order valence-electron chi connectivity index (χ3n) is 4.56. The smallest absolute Gasteiger partial charge is 0.278 e. The van der Waals surface area contributed by atoms with E-state index in [2.05, 4.69) is 18.7 Å². The number of piperidine rings is 1. The maximum atomic E-state index is 13.0. The van der Waals surface area contributed by atoms with Gasteiger partial charge in [0.2, 0.25) is 0 Å². The fourth-order valence-electron chi connectivity index (χ4n) is 3.79. The van der Waals surface area contributed by atoms with Crippen molar-refractivity contribution in [2.24, 2.45) is 11.8 Å². The molecule has 3 heterocycles. The van der Waals surface area contributed by atoms with Crippen LogP contribution >= 0.6 is 11.3 Å². The van der Waals surface area contributed by atoms with Crippen molar-refractivity contribution in [1.82, 2.24) is 9.80 Å². The largest absolute Gasteiger partial charge is 0.366 e. The summed E-state index contributed by atoms with van der Waals surface area (Å²) >= 11 is 1.52. The molecular weight excluding hydrogens is 308 g/mol. The molecule has 2 unspecified atom stereocenters. The molecule has 0 bridgehead atoms. The molecular formula is C18H24N2O2S. The molecule has 0 aromatic carbocycles. The highest BCUT2D eigenvalue weighted by Crippen LogP contribution is 2.37. The molecule has 0 saturated carbocycles. The molecule has 1 fully saturated rings. The van der Waals surface area contributed by atoms with Crippen molar-refractivity contribution in [1.29, 1.82) is 0 Å². The Morgan fingerprint density at radius 1 is 1.13 bits per heavy atom. The molecule has 124 valence electrons. The molecule has 2 aliphatic heterocycles. The average Bonchev–Trinajstić information content (AvgIpc) is 3.03. The van der Waals surface area contributed by atoms with Crippen LogP contribution in [0.2, 0.25) is 0 Å². The first kappa shape index (κ1) is 16.2. The van der Waals surface area contributed by atoms with Crippen molar-refractivity contribution in [2.75, 3.05) is 13.1 Å². The number of carbonyl (C=O) groups is 2. The maximum absolute atomic E-state index is 13.0. The quantitative estimate of drug-likeness (QED) is 0.798. The van der Waals surface area contributed by atoms with E-state index in [-0.39, 0.29) is 17.9 Å². The molecule has 1 aromatic rings. The third-order valence-corrected chi connectivity index (χ3v) is 5.45. The SMILES string of the molecule is CC1CC(C)CN(C2=C(c3cccs3)C(=O)N(C(C)C)C2=O)C1. The van der Waals surface area contributed by atoms with Gasteiger partial charge in [-0.2, -0.15) is 0 Å². The first-order valence-electron chi connectivity index (χ1n) is 8.31. The lowest BCUT2D eigenvalue weighted by molar-refractivity contribution is -0.139. The molecule has 0 N–H and O–H groups in total. The lowest BCUT2D eigenvalue weighted by Gasteiger charge is -2.37. The predicted molar refractivity (Wildman–Crippen MR) is 92.7 cm³/mol. The number of hydrogen-bond donors (Lipinski definition) is 0. The van der Waals surface area contributed by atoms with Crippen molar-refractivity contribution >= 4 is 28.7 Å². The van der Waals surface area contributed by atoms with Gasteiger partial charge in [-0.25, -0.2) is 0 Å². The Morgan fingerprint density at radius 2 is 1.78 bits per heavy atom. The summed E-state index contributed by atoms with van der Waals surface area (Å²) in [4.78, 5) is 30.3. The minimum absolute atomic E-state index is 0.123. The normalized spacial score (nSPS) is 26.0. The van der Waals surface area contributed by atoms with Crippen molar-refractivity contribution in [3.05, 3.63) is 28.1 Å². The van der Waals surface area contributed by atoms with Gasteiger partial charge in [-0.1, -0.05) is 19.9 Å². The summed E-state index contributed by atoms with van der Waals surface area (Å²) < 4.78 is 0. The van der Waals surface area contributed by atoms with Crippen molar-refractivity contribution in [3.8, 4) is 0 Å². The van der Waals surface area contributed by atoms with E-state index in [4.69, 9.17) is 0 Å². The first-order valence-corrected chi connectivity index (χ1v) is 9.19. The Kier molecular flexibility index (Phi) is 4.32. The second-order valence-corrected chi connectivity index (χ2v) is 8.07. The Morgan fingerprint density at radius 3 is 2.30 bits per heavy atom. The molecule has 3 rings (SSSR count). The summed E-state index contributed by atoms with van der Waals surface area (Å²) in [5, 5.41) is 1.96. The summed E-state index contributed by atoms with van der Waals surface area (Å²) in [5.41, 5.74) is 1.21. The van der Waals surface area contributed by atoms with E-state index in [0.29, 0.717) is 23.1 Å². The molecule has 2 amide bonds. The summed E-state index contributed by atoms with van der Waals surface area (Å²) in [7, 11) is 0. The first-order chi connectivity index (χ1) is 10.9. The fourth-order valence-corrected chi connectivity index (χ4v) is 4.55. The topological polar surface area (TPSA) is 40.6 Å². The van der Waals surface area contributed by atoms with E-state index in [0.717, 1.165) is 18.0 Å². The molecule has 0 radical (unpaired) electrons. The number of likely N-dealkylation sites (tertiary alicyclic amines) is 1. The molecule has 2 atom stereocenters. The van der Waals surface area contributed by atoms with Crippen LogP contribution in [0.3, 0.4) is 0 Å². The van der Waals surface area contributed by atoms with Crippen LogP contribution in [0.25, 0.3) is 5.57 Å². The van der Waals surface area contributed by atoms with Gasteiger partial charge in [-0.05, 0) is 43.6 Å². The predicted octanol–water partition coefficient (Wildman–Crippen LogP) is 3.21. The number of thiophene rings is 1. The van der Waals surface area contributed by atoms with Crippen LogP contribution in [-0.4, -0.2) is 40.7 Å². The van der Waals surface area contributed by atoms with Crippen LogP contribution in [-0.2, 0) is 9.59 Å². The number of rotatable bonds is 3. The van der Waals surface area contributed by atoms with Gasteiger partial charge in [0, 0.05) is 24.0 Å². The monoisotopic (exact) mass is 332 g/mol. The van der Waals surface area contributed by atoms with Crippen molar-refractivity contribution in [2.45, 2.75) is 40.2 Å². The number of imide groups is 1. The lowest BCUT2D eigenvalue weighted by atomic mass is 9.91. The molecule has 0 spiro atoms. The standard InChI is InChI=1S/C18H24N2O2S/c1-11(2)20-17(21)15(14-6-5-7-23-14)16(18(20)22)19-9-12(3)8-13(4)10-19/h5-7,11-13H,8-10H2,1-4H3. The van der Waals surface area contributed by atoms with Gasteiger partial charge in [0.05, 0.1) is 5.57 Å². The molecule has 4 nitrogen and oxygen atoms in total. The zero-order valence-electron chi connectivity index (χ0n) is 14.2. The maximum Gasteiger partial charge on any atom is 0.278 e. The number of amides is 2.